The van der Waals surface area contributed by atoms with Gasteiger partial charge in [0.2, 0.25) is 11.8 Å². The SMILES string of the molecule is O=C(CCCOc1ccc2c(c1)CCC(=O)N2)Nc1nc2cc3c(cc2s1)OCCO3. The number of hydrogen-bond acceptors (Lipinski definition) is 7. The van der Waals surface area contributed by atoms with Crippen LogP contribution in [-0.2, 0) is 16.0 Å². The van der Waals surface area contributed by atoms with Crippen LogP contribution < -0.4 is 24.8 Å². The summed E-state index contributed by atoms with van der Waals surface area (Å²) in [6.45, 7) is 1.49. The third-order valence-electron chi connectivity index (χ3n) is 5.09. The maximum Gasteiger partial charge on any atom is 0.226 e. The summed E-state index contributed by atoms with van der Waals surface area (Å²) >= 11 is 1.41. The summed E-state index contributed by atoms with van der Waals surface area (Å²) in [5.41, 5.74) is 2.69. The lowest BCUT2D eigenvalue weighted by atomic mass is 10.0. The molecule has 1 aromatic heterocycles. The predicted octanol–water partition coefficient (Wildman–Crippen LogP) is 3.75. The van der Waals surface area contributed by atoms with E-state index >= 15 is 0 Å². The molecule has 8 nitrogen and oxygen atoms in total. The quantitative estimate of drug-likeness (QED) is 0.568. The summed E-state index contributed by atoms with van der Waals surface area (Å²) in [6, 6.07) is 9.37. The zero-order chi connectivity index (χ0) is 21.2. The number of carbonyl (C=O) groups is 2. The number of aromatic nitrogens is 1. The third-order valence-corrected chi connectivity index (χ3v) is 6.02. The first-order valence-electron chi connectivity index (χ1n) is 10.2. The molecule has 0 fully saturated rings. The Balaban J connectivity index is 1.12. The van der Waals surface area contributed by atoms with E-state index in [1.807, 2.05) is 30.3 Å². The van der Waals surface area contributed by atoms with Crippen molar-refractivity contribution in [2.75, 3.05) is 30.5 Å². The van der Waals surface area contributed by atoms with Crippen molar-refractivity contribution in [1.82, 2.24) is 4.98 Å². The van der Waals surface area contributed by atoms with Crippen LogP contribution in [0.5, 0.6) is 17.2 Å². The highest BCUT2D eigenvalue weighted by molar-refractivity contribution is 7.22. The lowest BCUT2D eigenvalue weighted by Gasteiger charge is -2.17. The van der Waals surface area contributed by atoms with E-state index in [0.29, 0.717) is 62.1 Å². The molecule has 0 bridgehead atoms. The molecule has 0 saturated heterocycles. The van der Waals surface area contributed by atoms with E-state index < -0.39 is 0 Å². The minimum atomic E-state index is -0.104. The fourth-order valence-corrected chi connectivity index (χ4v) is 4.46. The van der Waals surface area contributed by atoms with Crippen molar-refractivity contribution in [2.45, 2.75) is 25.7 Å². The second kappa shape index (κ2) is 8.43. The molecule has 9 heteroatoms. The van der Waals surface area contributed by atoms with Gasteiger partial charge in [-0.3, -0.25) is 9.59 Å². The van der Waals surface area contributed by atoms with Gasteiger partial charge in [0.1, 0.15) is 19.0 Å². The van der Waals surface area contributed by atoms with Gasteiger partial charge in [-0.25, -0.2) is 4.98 Å². The van der Waals surface area contributed by atoms with Crippen LogP contribution in [0.25, 0.3) is 10.2 Å². The summed E-state index contributed by atoms with van der Waals surface area (Å²) < 4.78 is 17.9. The van der Waals surface area contributed by atoms with Gasteiger partial charge < -0.3 is 24.8 Å². The van der Waals surface area contributed by atoms with E-state index in [1.165, 1.54) is 11.3 Å². The fourth-order valence-electron chi connectivity index (χ4n) is 3.57. The van der Waals surface area contributed by atoms with Gasteiger partial charge in [0.05, 0.1) is 16.8 Å². The molecule has 0 aliphatic carbocycles. The van der Waals surface area contributed by atoms with Crippen molar-refractivity contribution in [1.29, 1.82) is 0 Å². The topological polar surface area (TPSA) is 98.8 Å². The molecule has 2 N–H and O–H groups in total. The number of thiazole rings is 1. The summed E-state index contributed by atoms with van der Waals surface area (Å²) in [7, 11) is 0. The Kier molecular flexibility index (Phi) is 5.33. The van der Waals surface area contributed by atoms with E-state index in [4.69, 9.17) is 14.2 Å². The molecule has 0 unspecified atom stereocenters. The van der Waals surface area contributed by atoms with Crippen LogP contribution in [0.4, 0.5) is 10.8 Å². The maximum atomic E-state index is 12.3. The van der Waals surface area contributed by atoms with Gasteiger partial charge in [0.25, 0.3) is 0 Å². The fraction of sp³-hybridized carbons (Fsp3) is 0.318. The lowest BCUT2D eigenvalue weighted by molar-refractivity contribution is -0.117. The Morgan fingerprint density at radius 1 is 1.16 bits per heavy atom. The average molecular weight is 439 g/mol. The molecule has 160 valence electrons. The van der Waals surface area contributed by atoms with E-state index in [9.17, 15) is 9.59 Å². The highest BCUT2D eigenvalue weighted by Crippen LogP contribution is 2.37. The lowest BCUT2D eigenvalue weighted by Crippen LogP contribution is -2.18. The number of hydrogen-bond donors (Lipinski definition) is 2. The second-order valence-corrected chi connectivity index (χ2v) is 8.38. The first kappa shape index (κ1) is 19.6. The first-order valence-corrected chi connectivity index (χ1v) is 11.0. The number of rotatable bonds is 6. The standard InChI is InChI=1S/C22H21N3O5S/c26-20(2-1-7-28-14-4-5-15-13(10-14)3-6-21(27)23-15)25-22-24-16-11-17-18(12-19(16)31-22)30-9-8-29-17/h4-5,10-12H,1-3,6-9H2,(H,23,27)(H,24,25,26). The second-order valence-electron chi connectivity index (χ2n) is 7.35. The molecule has 2 amide bonds. The number of fused-ring (bicyclic) bond motifs is 3. The largest absolute Gasteiger partial charge is 0.494 e. The molecule has 0 radical (unpaired) electrons. The van der Waals surface area contributed by atoms with Crippen LogP contribution in [-0.4, -0.2) is 36.6 Å². The zero-order valence-corrected chi connectivity index (χ0v) is 17.5. The number of nitrogens with zero attached hydrogens (tertiary/aromatic N) is 1. The molecule has 3 aromatic rings. The van der Waals surface area contributed by atoms with Gasteiger partial charge in [0.15, 0.2) is 16.6 Å². The highest BCUT2D eigenvalue weighted by Gasteiger charge is 2.17. The number of amides is 2. The molecule has 2 aromatic carbocycles. The van der Waals surface area contributed by atoms with Gasteiger partial charge in [-0.2, -0.15) is 0 Å². The van der Waals surface area contributed by atoms with Gasteiger partial charge in [-0.05, 0) is 36.6 Å². The third kappa shape index (κ3) is 4.41. The van der Waals surface area contributed by atoms with Crippen molar-refractivity contribution in [2.24, 2.45) is 0 Å². The molecule has 0 atom stereocenters. The van der Waals surface area contributed by atoms with Gasteiger partial charge in [-0.15, -0.1) is 0 Å². The minimum Gasteiger partial charge on any atom is -0.494 e. The van der Waals surface area contributed by atoms with E-state index in [1.54, 1.807) is 0 Å². The number of nitrogens with one attached hydrogen (secondary N) is 2. The van der Waals surface area contributed by atoms with Crippen LogP contribution in [0.3, 0.4) is 0 Å². The Morgan fingerprint density at radius 3 is 2.87 bits per heavy atom. The van der Waals surface area contributed by atoms with Gasteiger partial charge >= 0.3 is 0 Å². The average Bonchev–Trinajstić information content (AvgIpc) is 3.15. The summed E-state index contributed by atoms with van der Waals surface area (Å²) in [4.78, 5) is 28.2. The van der Waals surface area contributed by atoms with Crippen molar-refractivity contribution >= 4 is 44.2 Å². The van der Waals surface area contributed by atoms with Crippen LogP contribution in [0.2, 0.25) is 0 Å². The molecular weight excluding hydrogens is 418 g/mol. The number of ether oxygens (including phenoxy) is 3. The Labute approximate surface area is 182 Å². The first-order chi connectivity index (χ1) is 15.1. The van der Waals surface area contributed by atoms with Gasteiger partial charge in [0, 0.05) is 30.7 Å². The summed E-state index contributed by atoms with van der Waals surface area (Å²) in [5.74, 6) is 2.08. The maximum absolute atomic E-state index is 12.3. The summed E-state index contributed by atoms with van der Waals surface area (Å²) in [5, 5.41) is 6.26. The predicted molar refractivity (Wildman–Crippen MR) is 117 cm³/mol. The molecule has 2 aliphatic heterocycles. The smallest absolute Gasteiger partial charge is 0.226 e. The Hall–Kier alpha value is -3.33. The van der Waals surface area contributed by atoms with Crippen LogP contribution in [0, 0.1) is 0 Å². The molecule has 5 rings (SSSR count). The summed E-state index contributed by atoms with van der Waals surface area (Å²) in [6.07, 6.45) is 2.12. The molecule has 3 heterocycles. The van der Waals surface area contributed by atoms with Crippen molar-refractivity contribution < 1.29 is 23.8 Å². The molecule has 0 saturated carbocycles. The van der Waals surface area contributed by atoms with E-state index in [2.05, 4.69) is 15.6 Å². The van der Waals surface area contributed by atoms with Gasteiger partial charge in [-0.1, -0.05) is 11.3 Å². The van der Waals surface area contributed by atoms with Crippen LogP contribution in [0.15, 0.2) is 30.3 Å². The monoisotopic (exact) mass is 439 g/mol. The number of aryl methyl sites for hydroxylation is 1. The van der Waals surface area contributed by atoms with Crippen molar-refractivity contribution in [3.63, 3.8) is 0 Å². The molecule has 2 aliphatic rings. The van der Waals surface area contributed by atoms with E-state index in [0.717, 1.165) is 27.2 Å². The number of carbonyl (C=O) groups excluding carboxylic acids is 2. The Bertz CT molecular complexity index is 1120. The highest BCUT2D eigenvalue weighted by atomic mass is 32.1. The van der Waals surface area contributed by atoms with E-state index in [-0.39, 0.29) is 11.8 Å². The molecule has 0 spiro atoms. The Morgan fingerprint density at radius 2 is 2.00 bits per heavy atom. The minimum absolute atomic E-state index is 0.0431. The van der Waals surface area contributed by atoms with Crippen molar-refractivity contribution in [3.8, 4) is 17.2 Å². The number of benzene rings is 2. The van der Waals surface area contributed by atoms with Crippen molar-refractivity contribution in [3.05, 3.63) is 35.9 Å². The number of anilines is 2. The normalized spacial score (nSPS) is 14.6. The zero-order valence-electron chi connectivity index (χ0n) is 16.7. The van der Waals surface area contributed by atoms with Crippen LogP contribution in [0.1, 0.15) is 24.8 Å². The molecular formula is C22H21N3O5S. The molecule has 31 heavy (non-hydrogen) atoms. The van der Waals surface area contributed by atoms with Crippen LogP contribution >= 0.6 is 11.3 Å².